The molecule has 0 spiro atoms. The third-order valence-electron chi connectivity index (χ3n) is 3.49. The normalized spacial score (nSPS) is 24.2. The molecule has 0 amide bonds. The van der Waals surface area contributed by atoms with Crippen molar-refractivity contribution < 1.29 is 9.50 Å². The second kappa shape index (κ2) is 3.91. The Morgan fingerprint density at radius 1 is 1.47 bits per heavy atom. The van der Waals surface area contributed by atoms with Crippen molar-refractivity contribution in [1.29, 1.82) is 0 Å². The first kappa shape index (κ1) is 10.6. The molecule has 0 radical (unpaired) electrons. The van der Waals surface area contributed by atoms with Gasteiger partial charge in [-0.25, -0.2) is 4.39 Å². The van der Waals surface area contributed by atoms with Crippen LogP contribution >= 0.6 is 0 Å². The van der Waals surface area contributed by atoms with Crippen molar-refractivity contribution in [2.24, 2.45) is 5.73 Å². The fourth-order valence-electron chi connectivity index (χ4n) is 2.58. The van der Waals surface area contributed by atoms with Gasteiger partial charge in [0.1, 0.15) is 5.82 Å². The summed E-state index contributed by atoms with van der Waals surface area (Å²) in [6.07, 6.45) is 2.45. The zero-order valence-electron chi connectivity index (χ0n) is 8.67. The van der Waals surface area contributed by atoms with Gasteiger partial charge in [-0.3, -0.25) is 0 Å². The molecule has 2 nitrogen and oxygen atoms in total. The summed E-state index contributed by atoms with van der Waals surface area (Å²) in [5.74, 6) is -0.189. The van der Waals surface area contributed by atoms with E-state index in [2.05, 4.69) is 0 Å². The zero-order chi connectivity index (χ0) is 10.9. The average Bonchev–Trinajstić information content (AvgIpc) is 2.58. The van der Waals surface area contributed by atoms with Gasteiger partial charge in [0.25, 0.3) is 0 Å². The maximum Gasteiger partial charge on any atom is 0.123 e. The Kier molecular flexibility index (Phi) is 2.76. The number of rotatable bonds is 3. The van der Waals surface area contributed by atoms with E-state index >= 15 is 0 Å². The molecular weight excluding hydrogens is 193 g/mol. The van der Waals surface area contributed by atoms with Gasteiger partial charge in [0.2, 0.25) is 0 Å². The molecule has 3 heteroatoms. The second-order valence-corrected chi connectivity index (χ2v) is 4.26. The molecule has 15 heavy (non-hydrogen) atoms. The Morgan fingerprint density at radius 3 is 2.93 bits per heavy atom. The molecule has 1 aliphatic rings. The van der Waals surface area contributed by atoms with Gasteiger partial charge in [0.15, 0.2) is 0 Å². The molecule has 0 bridgehead atoms. The summed E-state index contributed by atoms with van der Waals surface area (Å²) in [6.45, 7) is 0.653. The van der Waals surface area contributed by atoms with Crippen LogP contribution in [-0.2, 0) is 11.8 Å². The molecule has 0 saturated carbocycles. The minimum Gasteiger partial charge on any atom is -0.396 e. The van der Waals surface area contributed by atoms with Crippen LogP contribution < -0.4 is 5.73 Å². The highest BCUT2D eigenvalue weighted by molar-refractivity contribution is 5.40. The predicted octanol–water partition coefficient (Wildman–Crippen LogP) is 1.35. The van der Waals surface area contributed by atoms with E-state index < -0.39 is 0 Å². The summed E-state index contributed by atoms with van der Waals surface area (Å²) in [5.41, 5.74) is 7.85. The van der Waals surface area contributed by atoms with E-state index in [1.165, 1.54) is 6.07 Å². The summed E-state index contributed by atoms with van der Waals surface area (Å²) in [7, 11) is 0. The fraction of sp³-hybridized carbons (Fsp3) is 0.500. The van der Waals surface area contributed by atoms with E-state index in [-0.39, 0.29) is 17.8 Å². The standard InChI is InChI=1S/C12H16FNO/c13-10-1-2-11-9(7-10)3-4-12(11,8-14)5-6-15/h1-2,7,15H,3-6,8,14H2. The van der Waals surface area contributed by atoms with Crippen LogP contribution in [0, 0.1) is 5.82 Å². The topological polar surface area (TPSA) is 46.2 Å². The minimum atomic E-state index is -0.189. The molecule has 1 unspecified atom stereocenters. The van der Waals surface area contributed by atoms with Crippen LogP contribution in [0.25, 0.3) is 0 Å². The average molecular weight is 209 g/mol. The number of hydrogen-bond acceptors (Lipinski definition) is 2. The molecule has 0 fully saturated rings. The Bertz CT molecular complexity index is 367. The molecular formula is C12H16FNO. The van der Waals surface area contributed by atoms with E-state index in [1.807, 2.05) is 6.07 Å². The summed E-state index contributed by atoms with van der Waals surface area (Å²) in [5, 5.41) is 9.07. The quantitative estimate of drug-likeness (QED) is 0.789. The van der Waals surface area contributed by atoms with Gasteiger partial charge < -0.3 is 10.8 Å². The molecule has 0 aliphatic heterocycles. The van der Waals surface area contributed by atoms with E-state index in [0.717, 1.165) is 24.0 Å². The number of fused-ring (bicyclic) bond motifs is 1. The molecule has 0 saturated heterocycles. The maximum absolute atomic E-state index is 13.0. The molecule has 1 atom stereocenters. The van der Waals surface area contributed by atoms with Gasteiger partial charge in [0, 0.05) is 18.6 Å². The molecule has 3 N–H and O–H groups in total. The van der Waals surface area contributed by atoms with Crippen molar-refractivity contribution in [3.05, 3.63) is 35.1 Å². The van der Waals surface area contributed by atoms with Gasteiger partial charge in [-0.15, -0.1) is 0 Å². The van der Waals surface area contributed by atoms with Gasteiger partial charge in [0.05, 0.1) is 0 Å². The van der Waals surface area contributed by atoms with Crippen molar-refractivity contribution in [1.82, 2.24) is 0 Å². The first-order valence-corrected chi connectivity index (χ1v) is 5.32. The molecule has 1 aromatic carbocycles. The van der Waals surface area contributed by atoms with Gasteiger partial charge >= 0.3 is 0 Å². The van der Waals surface area contributed by atoms with E-state index in [4.69, 9.17) is 10.8 Å². The lowest BCUT2D eigenvalue weighted by molar-refractivity contribution is 0.238. The Hall–Kier alpha value is -0.930. The Labute approximate surface area is 88.9 Å². The summed E-state index contributed by atoms with van der Waals surface area (Å²) in [6, 6.07) is 4.89. The zero-order valence-corrected chi connectivity index (χ0v) is 8.67. The lowest BCUT2D eigenvalue weighted by Crippen LogP contribution is -2.33. The molecule has 82 valence electrons. The number of aliphatic hydroxyl groups excluding tert-OH is 1. The third-order valence-corrected chi connectivity index (χ3v) is 3.49. The highest BCUT2D eigenvalue weighted by Gasteiger charge is 2.36. The van der Waals surface area contributed by atoms with Crippen LogP contribution in [0.4, 0.5) is 4.39 Å². The fourth-order valence-corrected chi connectivity index (χ4v) is 2.58. The molecule has 1 aliphatic carbocycles. The number of aryl methyl sites for hydroxylation is 1. The van der Waals surface area contributed by atoms with Gasteiger partial charge in [-0.05, 0) is 42.5 Å². The predicted molar refractivity (Wildman–Crippen MR) is 57.2 cm³/mol. The highest BCUT2D eigenvalue weighted by atomic mass is 19.1. The van der Waals surface area contributed by atoms with Crippen molar-refractivity contribution >= 4 is 0 Å². The van der Waals surface area contributed by atoms with Crippen LogP contribution in [0.1, 0.15) is 24.0 Å². The number of halogens is 1. The number of nitrogens with two attached hydrogens (primary N) is 1. The van der Waals surface area contributed by atoms with Gasteiger partial charge in [-0.2, -0.15) is 0 Å². The number of benzene rings is 1. The van der Waals surface area contributed by atoms with Crippen molar-refractivity contribution in [3.8, 4) is 0 Å². The monoisotopic (exact) mass is 209 g/mol. The molecule has 2 rings (SSSR count). The number of aliphatic hydroxyl groups is 1. The van der Waals surface area contributed by atoms with E-state index in [0.29, 0.717) is 13.0 Å². The summed E-state index contributed by atoms with van der Waals surface area (Å²) < 4.78 is 13.0. The van der Waals surface area contributed by atoms with Crippen LogP contribution in [0.15, 0.2) is 18.2 Å². The molecule has 0 heterocycles. The number of hydrogen-bond donors (Lipinski definition) is 2. The lowest BCUT2D eigenvalue weighted by Gasteiger charge is -2.28. The van der Waals surface area contributed by atoms with Crippen LogP contribution in [0.3, 0.4) is 0 Å². The summed E-state index contributed by atoms with van der Waals surface area (Å²) >= 11 is 0. The first-order valence-electron chi connectivity index (χ1n) is 5.32. The highest BCUT2D eigenvalue weighted by Crippen LogP contribution is 2.40. The molecule has 1 aromatic rings. The SMILES string of the molecule is NCC1(CCO)CCc2cc(F)ccc21. The van der Waals surface area contributed by atoms with E-state index in [1.54, 1.807) is 6.07 Å². The van der Waals surface area contributed by atoms with E-state index in [9.17, 15) is 4.39 Å². The Balaban J connectivity index is 2.41. The summed E-state index contributed by atoms with van der Waals surface area (Å²) in [4.78, 5) is 0. The van der Waals surface area contributed by atoms with Gasteiger partial charge in [-0.1, -0.05) is 6.07 Å². The molecule has 0 aromatic heterocycles. The van der Waals surface area contributed by atoms with Crippen molar-refractivity contribution in [2.75, 3.05) is 13.2 Å². The smallest absolute Gasteiger partial charge is 0.123 e. The maximum atomic E-state index is 13.0. The second-order valence-electron chi connectivity index (χ2n) is 4.26. The minimum absolute atomic E-state index is 0.127. The largest absolute Gasteiger partial charge is 0.396 e. The third kappa shape index (κ3) is 1.66. The van der Waals surface area contributed by atoms with Crippen molar-refractivity contribution in [2.45, 2.75) is 24.7 Å². The van der Waals surface area contributed by atoms with Crippen molar-refractivity contribution in [3.63, 3.8) is 0 Å². The Morgan fingerprint density at radius 2 is 2.27 bits per heavy atom. The van der Waals surface area contributed by atoms with Crippen LogP contribution in [-0.4, -0.2) is 18.3 Å². The lowest BCUT2D eigenvalue weighted by atomic mass is 9.79. The van der Waals surface area contributed by atoms with Crippen LogP contribution in [0.5, 0.6) is 0 Å². The first-order chi connectivity index (χ1) is 7.22. The van der Waals surface area contributed by atoms with Crippen LogP contribution in [0.2, 0.25) is 0 Å².